The number of likely N-dealkylation sites (tertiary alicyclic amines) is 1. The number of benzene rings is 1. The summed E-state index contributed by atoms with van der Waals surface area (Å²) in [7, 11) is 0. The van der Waals surface area contributed by atoms with Gasteiger partial charge in [0.25, 0.3) is 0 Å². The largest absolute Gasteiger partial charge is 0.369 e. The standard InChI is InChI=1S/C18H24N4O3/c1-18(2,16(19)24)11-15(23)21-9-7-12(8-10-21)22-14-6-4-3-5-13(14)20-17(22)25/h3-6,12H,7-11H2,1-2H3,(H2,19,24)(H,20,25). The Kier molecular flexibility index (Phi) is 4.41. The summed E-state index contributed by atoms with van der Waals surface area (Å²) in [5.41, 5.74) is 6.12. The maximum atomic E-state index is 12.4. The van der Waals surface area contributed by atoms with Crippen molar-refractivity contribution in [3.05, 3.63) is 34.7 Å². The summed E-state index contributed by atoms with van der Waals surface area (Å²) >= 11 is 0. The molecule has 0 spiro atoms. The van der Waals surface area contributed by atoms with Gasteiger partial charge in [-0.15, -0.1) is 0 Å². The van der Waals surface area contributed by atoms with Crippen LogP contribution in [0.15, 0.2) is 29.1 Å². The number of hydrogen-bond acceptors (Lipinski definition) is 3. The topological polar surface area (TPSA) is 101 Å². The third-order valence-corrected chi connectivity index (χ3v) is 5.07. The molecule has 0 saturated carbocycles. The molecule has 1 aromatic heterocycles. The summed E-state index contributed by atoms with van der Waals surface area (Å²) in [5.74, 6) is -0.533. The van der Waals surface area contributed by atoms with Crippen molar-refractivity contribution in [1.29, 1.82) is 0 Å². The predicted octanol–water partition coefficient (Wildman–Crippen LogP) is 1.39. The summed E-state index contributed by atoms with van der Waals surface area (Å²) in [5, 5.41) is 0. The quantitative estimate of drug-likeness (QED) is 0.876. The summed E-state index contributed by atoms with van der Waals surface area (Å²) in [6, 6.07) is 7.69. The van der Waals surface area contributed by atoms with Crippen LogP contribution in [0.3, 0.4) is 0 Å². The van der Waals surface area contributed by atoms with E-state index >= 15 is 0 Å². The highest BCUT2D eigenvalue weighted by Gasteiger charge is 2.32. The molecule has 7 heteroatoms. The zero-order chi connectivity index (χ0) is 18.2. The molecular formula is C18H24N4O3. The van der Waals surface area contributed by atoms with Gasteiger partial charge in [-0.3, -0.25) is 14.2 Å². The normalized spacial score (nSPS) is 16.3. The molecular weight excluding hydrogens is 320 g/mol. The zero-order valence-electron chi connectivity index (χ0n) is 14.6. The van der Waals surface area contributed by atoms with Crippen molar-refractivity contribution in [2.75, 3.05) is 13.1 Å². The van der Waals surface area contributed by atoms with Gasteiger partial charge >= 0.3 is 5.69 Å². The number of fused-ring (bicyclic) bond motifs is 1. The second-order valence-electron chi connectivity index (χ2n) is 7.35. The first-order valence-electron chi connectivity index (χ1n) is 8.56. The fourth-order valence-corrected chi connectivity index (χ4v) is 3.39. The number of amides is 2. The number of H-pyrrole nitrogens is 1. The molecule has 2 aromatic rings. The van der Waals surface area contributed by atoms with Gasteiger partial charge in [0.1, 0.15) is 0 Å². The van der Waals surface area contributed by atoms with Crippen LogP contribution in [-0.4, -0.2) is 39.4 Å². The maximum Gasteiger partial charge on any atom is 0.326 e. The van der Waals surface area contributed by atoms with Crippen molar-refractivity contribution in [3.8, 4) is 0 Å². The summed E-state index contributed by atoms with van der Waals surface area (Å²) < 4.78 is 1.80. The molecule has 25 heavy (non-hydrogen) atoms. The Hall–Kier alpha value is -2.57. The number of nitrogens with two attached hydrogens (primary N) is 1. The van der Waals surface area contributed by atoms with E-state index in [9.17, 15) is 14.4 Å². The number of imidazole rings is 1. The second kappa shape index (κ2) is 6.38. The molecule has 1 aliphatic rings. The number of primary amides is 1. The van der Waals surface area contributed by atoms with Crippen molar-refractivity contribution >= 4 is 22.8 Å². The maximum absolute atomic E-state index is 12.4. The third kappa shape index (κ3) is 3.31. The van der Waals surface area contributed by atoms with Crippen LogP contribution in [0.25, 0.3) is 11.0 Å². The lowest BCUT2D eigenvalue weighted by Crippen LogP contribution is -2.43. The second-order valence-corrected chi connectivity index (χ2v) is 7.35. The summed E-state index contributed by atoms with van der Waals surface area (Å²) in [6.45, 7) is 4.52. The van der Waals surface area contributed by atoms with Crippen molar-refractivity contribution in [2.45, 2.75) is 39.2 Å². The molecule has 3 N–H and O–H groups in total. The molecule has 0 radical (unpaired) electrons. The molecule has 7 nitrogen and oxygen atoms in total. The Labute approximate surface area is 145 Å². The average molecular weight is 344 g/mol. The lowest BCUT2D eigenvalue weighted by Gasteiger charge is -2.34. The Morgan fingerprint density at radius 2 is 1.88 bits per heavy atom. The van der Waals surface area contributed by atoms with Crippen molar-refractivity contribution in [2.24, 2.45) is 11.1 Å². The van der Waals surface area contributed by atoms with Crippen LogP contribution in [0, 0.1) is 5.41 Å². The summed E-state index contributed by atoms with van der Waals surface area (Å²) in [4.78, 5) is 40.8. The number of carbonyl (C=O) groups is 2. The number of piperidine rings is 1. The molecule has 134 valence electrons. The van der Waals surface area contributed by atoms with Gasteiger partial charge in [-0.25, -0.2) is 4.79 Å². The highest BCUT2D eigenvalue weighted by molar-refractivity contribution is 5.87. The van der Waals surface area contributed by atoms with Gasteiger partial charge < -0.3 is 15.6 Å². The minimum atomic E-state index is -0.846. The molecule has 1 saturated heterocycles. The Morgan fingerprint density at radius 3 is 2.52 bits per heavy atom. The first kappa shape index (κ1) is 17.3. The average Bonchev–Trinajstić information content (AvgIpc) is 2.90. The lowest BCUT2D eigenvalue weighted by molar-refractivity contribution is -0.139. The van der Waals surface area contributed by atoms with E-state index in [0.29, 0.717) is 25.9 Å². The van der Waals surface area contributed by atoms with Gasteiger partial charge in [-0.2, -0.15) is 0 Å². The number of rotatable bonds is 4. The van der Waals surface area contributed by atoms with Crippen molar-refractivity contribution in [3.63, 3.8) is 0 Å². The molecule has 2 amide bonds. The molecule has 0 atom stereocenters. The van der Waals surface area contributed by atoms with Crippen LogP contribution in [0.4, 0.5) is 0 Å². The molecule has 3 rings (SSSR count). The summed E-state index contributed by atoms with van der Waals surface area (Å²) in [6.07, 6.45) is 1.54. The van der Waals surface area contributed by atoms with Gasteiger partial charge in [-0.05, 0) is 25.0 Å². The number of nitrogens with one attached hydrogen (secondary N) is 1. The molecule has 1 aromatic carbocycles. The highest BCUT2D eigenvalue weighted by atomic mass is 16.2. The molecule has 0 bridgehead atoms. The van der Waals surface area contributed by atoms with E-state index in [2.05, 4.69) is 4.98 Å². The van der Waals surface area contributed by atoms with Gasteiger partial charge in [-0.1, -0.05) is 26.0 Å². The number of hydrogen-bond donors (Lipinski definition) is 2. The van der Waals surface area contributed by atoms with Crippen LogP contribution in [0.1, 0.15) is 39.2 Å². The number of nitrogens with zero attached hydrogens (tertiary/aromatic N) is 2. The first-order valence-corrected chi connectivity index (χ1v) is 8.56. The highest BCUT2D eigenvalue weighted by Crippen LogP contribution is 2.27. The Morgan fingerprint density at radius 1 is 1.24 bits per heavy atom. The predicted molar refractivity (Wildman–Crippen MR) is 95.0 cm³/mol. The minimum absolute atomic E-state index is 0.0616. The van der Waals surface area contributed by atoms with E-state index < -0.39 is 11.3 Å². The van der Waals surface area contributed by atoms with Crippen LogP contribution < -0.4 is 11.4 Å². The minimum Gasteiger partial charge on any atom is -0.369 e. The molecule has 1 fully saturated rings. The van der Waals surface area contributed by atoms with Crippen molar-refractivity contribution < 1.29 is 9.59 Å². The number of carbonyl (C=O) groups excluding carboxylic acids is 2. The fraction of sp³-hybridized carbons (Fsp3) is 0.500. The van der Waals surface area contributed by atoms with Crippen LogP contribution in [0.5, 0.6) is 0 Å². The third-order valence-electron chi connectivity index (χ3n) is 5.07. The number of para-hydroxylation sites is 2. The monoisotopic (exact) mass is 344 g/mol. The van der Waals surface area contributed by atoms with E-state index in [4.69, 9.17) is 5.73 Å². The van der Waals surface area contributed by atoms with Crippen LogP contribution >= 0.6 is 0 Å². The number of aromatic amines is 1. The van der Waals surface area contributed by atoms with Gasteiger partial charge in [0.15, 0.2) is 0 Å². The Balaban J connectivity index is 1.70. The van der Waals surface area contributed by atoms with Gasteiger partial charge in [0.2, 0.25) is 11.8 Å². The van der Waals surface area contributed by atoms with Crippen LogP contribution in [-0.2, 0) is 9.59 Å². The van der Waals surface area contributed by atoms with E-state index in [-0.39, 0.29) is 24.1 Å². The number of aromatic nitrogens is 2. The SMILES string of the molecule is CC(C)(CC(=O)N1CCC(n2c(=O)[nH]c3ccccc32)CC1)C(N)=O. The molecule has 0 unspecified atom stereocenters. The Bertz CT molecular complexity index is 857. The molecule has 1 aliphatic heterocycles. The van der Waals surface area contributed by atoms with Gasteiger partial charge in [0.05, 0.1) is 16.4 Å². The molecule has 2 heterocycles. The first-order chi connectivity index (χ1) is 11.8. The molecule has 0 aliphatic carbocycles. The lowest BCUT2D eigenvalue weighted by atomic mass is 9.87. The zero-order valence-corrected chi connectivity index (χ0v) is 14.6. The van der Waals surface area contributed by atoms with E-state index in [1.807, 2.05) is 24.3 Å². The van der Waals surface area contributed by atoms with E-state index in [1.54, 1.807) is 23.3 Å². The van der Waals surface area contributed by atoms with E-state index in [0.717, 1.165) is 11.0 Å². The van der Waals surface area contributed by atoms with Crippen LogP contribution in [0.2, 0.25) is 0 Å². The van der Waals surface area contributed by atoms with E-state index in [1.165, 1.54) is 0 Å². The fourth-order valence-electron chi connectivity index (χ4n) is 3.39. The van der Waals surface area contributed by atoms with Crippen molar-refractivity contribution in [1.82, 2.24) is 14.5 Å². The smallest absolute Gasteiger partial charge is 0.326 e. The van der Waals surface area contributed by atoms with Gasteiger partial charge in [0, 0.05) is 25.6 Å².